The van der Waals surface area contributed by atoms with Crippen LogP contribution < -0.4 is 0 Å². The highest BCUT2D eigenvalue weighted by Crippen LogP contribution is 2.06. The van der Waals surface area contributed by atoms with Crippen LogP contribution in [0.3, 0.4) is 0 Å². The highest BCUT2D eigenvalue weighted by atomic mass is 19.1. The first kappa shape index (κ1) is 8.56. The molecule has 4 heteroatoms. The van der Waals surface area contributed by atoms with E-state index in [1.54, 1.807) is 18.2 Å². The normalized spacial score (nSPS) is 9.08. The van der Waals surface area contributed by atoms with Crippen molar-refractivity contribution in [3.63, 3.8) is 0 Å². The summed E-state index contributed by atoms with van der Waals surface area (Å²) in [6, 6.07) is 6.47. The maximum absolute atomic E-state index is 12.9. The van der Waals surface area contributed by atoms with Gasteiger partial charge in [-0.15, -0.1) is 0 Å². The molecule has 0 spiro atoms. The van der Waals surface area contributed by atoms with Crippen molar-refractivity contribution < 1.29 is 4.39 Å². The summed E-state index contributed by atoms with van der Waals surface area (Å²) in [7, 11) is 0. The summed E-state index contributed by atoms with van der Waals surface area (Å²) in [5, 5.41) is 3.32. The molecule has 3 nitrogen and oxygen atoms in total. The summed E-state index contributed by atoms with van der Waals surface area (Å²) in [4.78, 5) is 2.58. The van der Waals surface area contributed by atoms with Crippen LogP contribution in [0.2, 0.25) is 0 Å². The Hall–Kier alpha value is -1.54. The van der Waals surface area contributed by atoms with Crippen molar-refractivity contribution in [3.05, 3.63) is 46.1 Å². The van der Waals surface area contributed by atoms with Gasteiger partial charge in [-0.25, -0.2) is 4.39 Å². The summed E-state index contributed by atoms with van der Waals surface area (Å²) < 4.78 is 12.9. The third-order valence-corrected chi connectivity index (χ3v) is 1.50. The van der Waals surface area contributed by atoms with E-state index in [-0.39, 0.29) is 5.82 Å². The molecule has 0 radical (unpaired) electrons. The minimum absolute atomic E-state index is 0.245. The smallest absolute Gasteiger partial charge is 0.126 e. The minimum Gasteiger partial charge on any atom is -0.207 e. The maximum atomic E-state index is 12.9. The first-order valence-corrected chi connectivity index (χ1v) is 3.59. The van der Waals surface area contributed by atoms with Crippen molar-refractivity contribution in [1.82, 2.24) is 0 Å². The SMILES string of the molecule is [N-]=[N+]=NCCc1ccccc1F. The van der Waals surface area contributed by atoms with E-state index in [4.69, 9.17) is 5.53 Å². The molecule has 0 unspecified atom stereocenters. The first-order chi connectivity index (χ1) is 5.84. The fourth-order valence-corrected chi connectivity index (χ4v) is 0.916. The topological polar surface area (TPSA) is 48.8 Å². The standard InChI is InChI=1S/C8H8FN3/c9-8-4-2-1-3-7(8)5-6-11-12-10/h1-4H,5-6H2. The van der Waals surface area contributed by atoms with Gasteiger partial charge in [-0.1, -0.05) is 23.3 Å². The summed E-state index contributed by atoms with van der Waals surface area (Å²) >= 11 is 0. The molecule has 0 N–H and O–H groups in total. The van der Waals surface area contributed by atoms with Crippen molar-refractivity contribution >= 4 is 0 Å². The Morgan fingerprint density at radius 1 is 1.42 bits per heavy atom. The van der Waals surface area contributed by atoms with Gasteiger partial charge in [0, 0.05) is 11.5 Å². The van der Waals surface area contributed by atoms with E-state index >= 15 is 0 Å². The summed E-state index contributed by atoms with van der Waals surface area (Å²) in [6.45, 7) is 0.303. The quantitative estimate of drug-likeness (QED) is 0.375. The molecule has 0 aliphatic rings. The monoisotopic (exact) mass is 165 g/mol. The molecule has 1 aromatic rings. The Labute approximate surface area is 69.5 Å². The molecule has 12 heavy (non-hydrogen) atoms. The van der Waals surface area contributed by atoms with Gasteiger partial charge in [0.1, 0.15) is 5.82 Å². The van der Waals surface area contributed by atoms with Crippen LogP contribution in [0.25, 0.3) is 10.4 Å². The van der Waals surface area contributed by atoms with E-state index in [9.17, 15) is 4.39 Å². The second kappa shape index (κ2) is 4.36. The van der Waals surface area contributed by atoms with Gasteiger partial charge in [0.15, 0.2) is 0 Å². The molecule has 0 heterocycles. The Morgan fingerprint density at radius 3 is 2.83 bits per heavy atom. The van der Waals surface area contributed by atoms with Crippen LogP contribution >= 0.6 is 0 Å². The van der Waals surface area contributed by atoms with Crippen LogP contribution in [0.1, 0.15) is 5.56 Å². The van der Waals surface area contributed by atoms with E-state index in [1.165, 1.54) is 6.07 Å². The number of halogens is 1. The zero-order chi connectivity index (χ0) is 8.81. The van der Waals surface area contributed by atoms with E-state index in [0.29, 0.717) is 18.5 Å². The van der Waals surface area contributed by atoms with Crippen LogP contribution in [0.4, 0.5) is 4.39 Å². The Balaban J connectivity index is 2.62. The van der Waals surface area contributed by atoms with Gasteiger partial charge >= 0.3 is 0 Å². The maximum Gasteiger partial charge on any atom is 0.126 e. The van der Waals surface area contributed by atoms with Crippen molar-refractivity contribution in [1.29, 1.82) is 0 Å². The molecule has 0 saturated carbocycles. The van der Waals surface area contributed by atoms with Crippen molar-refractivity contribution in [2.75, 3.05) is 6.54 Å². The number of hydrogen-bond acceptors (Lipinski definition) is 1. The second-order valence-electron chi connectivity index (χ2n) is 2.30. The lowest BCUT2D eigenvalue weighted by Crippen LogP contribution is -1.91. The molecule has 1 aromatic carbocycles. The third kappa shape index (κ3) is 2.25. The van der Waals surface area contributed by atoms with Gasteiger partial charge in [-0.3, -0.25) is 0 Å². The lowest BCUT2D eigenvalue weighted by Gasteiger charge is -1.97. The Bertz CT molecular complexity index is 305. The van der Waals surface area contributed by atoms with E-state index in [1.807, 2.05) is 0 Å². The van der Waals surface area contributed by atoms with Gasteiger partial charge in [0.2, 0.25) is 0 Å². The molecule has 0 aromatic heterocycles. The second-order valence-corrected chi connectivity index (χ2v) is 2.30. The van der Waals surface area contributed by atoms with Crippen molar-refractivity contribution in [2.24, 2.45) is 5.11 Å². The number of hydrogen-bond donors (Lipinski definition) is 0. The number of azide groups is 1. The van der Waals surface area contributed by atoms with Crippen LogP contribution in [0.15, 0.2) is 29.4 Å². The summed E-state index contributed by atoms with van der Waals surface area (Å²) in [5.41, 5.74) is 8.57. The molecule has 0 bridgehead atoms. The fraction of sp³-hybridized carbons (Fsp3) is 0.250. The number of rotatable bonds is 3. The van der Waals surface area contributed by atoms with Crippen molar-refractivity contribution in [3.8, 4) is 0 Å². The van der Waals surface area contributed by atoms with Gasteiger partial charge in [-0.05, 0) is 23.6 Å². The van der Waals surface area contributed by atoms with Crippen LogP contribution in [-0.2, 0) is 6.42 Å². The molecule has 1 rings (SSSR count). The number of benzene rings is 1. The molecule has 62 valence electrons. The predicted octanol–water partition coefficient (Wildman–Crippen LogP) is 2.68. The van der Waals surface area contributed by atoms with Gasteiger partial charge in [0.25, 0.3) is 0 Å². The highest BCUT2D eigenvalue weighted by molar-refractivity contribution is 5.17. The minimum atomic E-state index is -0.245. The average Bonchev–Trinajstić information content (AvgIpc) is 2.09. The van der Waals surface area contributed by atoms with E-state index in [0.717, 1.165) is 0 Å². The summed E-state index contributed by atoms with van der Waals surface area (Å²) in [5.74, 6) is -0.245. The van der Waals surface area contributed by atoms with Gasteiger partial charge in [0.05, 0.1) is 0 Å². The molecule has 0 aliphatic carbocycles. The first-order valence-electron chi connectivity index (χ1n) is 3.59. The summed E-state index contributed by atoms with van der Waals surface area (Å²) in [6.07, 6.45) is 0.455. The van der Waals surface area contributed by atoms with Gasteiger partial charge in [-0.2, -0.15) is 0 Å². The van der Waals surface area contributed by atoms with Crippen LogP contribution in [0.5, 0.6) is 0 Å². The highest BCUT2D eigenvalue weighted by Gasteiger charge is 1.97. The average molecular weight is 165 g/mol. The van der Waals surface area contributed by atoms with E-state index < -0.39 is 0 Å². The predicted molar refractivity (Wildman–Crippen MR) is 44.1 cm³/mol. The molecule has 0 fully saturated rings. The van der Waals surface area contributed by atoms with Gasteiger partial charge < -0.3 is 0 Å². The Morgan fingerprint density at radius 2 is 2.17 bits per heavy atom. The molecule has 0 saturated heterocycles. The van der Waals surface area contributed by atoms with Crippen LogP contribution in [-0.4, -0.2) is 6.54 Å². The fourth-order valence-electron chi connectivity index (χ4n) is 0.916. The molecular formula is C8H8FN3. The zero-order valence-electron chi connectivity index (χ0n) is 6.44. The Kier molecular flexibility index (Phi) is 3.11. The molecule has 0 aliphatic heterocycles. The lowest BCUT2D eigenvalue weighted by atomic mass is 10.1. The third-order valence-electron chi connectivity index (χ3n) is 1.50. The zero-order valence-corrected chi connectivity index (χ0v) is 6.44. The molecule has 0 amide bonds. The van der Waals surface area contributed by atoms with Crippen LogP contribution in [0, 0.1) is 5.82 Å². The molecular weight excluding hydrogens is 157 g/mol. The lowest BCUT2D eigenvalue weighted by molar-refractivity contribution is 0.609. The largest absolute Gasteiger partial charge is 0.207 e. The van der Waals surface area contributed by atoms with E-state index in [2.05, 4.69) is 10.0 Å². The number of nitrogens with zero attached hydrogens (tertiary/aromatic N) is 3. The van der Waals surface area contributed by atoms with Crippen molar-refractivity contribution in [2.45, 2.75) is 6.42 Å². The molecule has 0 atom stereocenters.